The van der Waals surface area contributed by atoms with Gasteiger partial charge in [-0.3, -0.25) is 0 Å². The van der Waals surface area contributed by atoms with Crippen molar-refractivity contribution in [1.29, 1.82) is 0 Å². The lowest BCUT2D eigenvalue weighted by atomic mass is 10.1. The van der Waals surface area contributed by atoms with E-state index in [0.29, 0.717) is 18.4 Å². The number of ether oxygens (including phenoxy) is 1. The van der Waals surface area contributed by atoms with Crippen LogP contribution in [0.1, 0.15) is 22.4 Å². The molecule has 3 aromatic rings. The highest BCUT2D eigenvalue weighted by molar-refractivity contribution is 5.56. The topological polar surface area (TPSA) is 47.0 Å². The molecule has 0 aliphatic rings. The molecule has 0 spiro atoms. The summed E-state index contributed by atoms with van der Waals surface area (Å²) in [5, 5.41) is 3.26. The normalized spacial score (nSPS) is 10.5. The number of aryl methyl sites for hydroxylation is 3. The van der Waals surface area contributed by atoms with Gasteiger partial charge in [-0.25, -0.2) is 4.98 Å². The average molecular weight is 319 g/mol. The van der Waals surface area contributed by atoms with Crippen LogP contribution in [-0.2, 0) is 6.61 Å². The molecule has 4 heteroatoms. The zero-order chi connectivity index (χ0) is 16.9. The third-order valence-electron chi connectivity index (χ3n) is 3.54. The quantitative estimate of drug-likeness (QED) is 0.739. The van der Waals surface area contributed by atoms with Crippen LogP contribution in [0.3, 0.4) is 0 Å². The molecule has 4 nitrogen and oxygen atoms in total. The molecule has 0 fully saturated rings. The summed E-state index contributed by atoms with van der Waals surface area (Å²) in [6.45, 7) is 6.57. The number of rotatable bonds is 5. The summed E-state index contributed by atoms with van der Waals surface area (Å²) in [5.41, 5.74) is 5.35. The molecular weight excluding hydrogens is 298 g/mol. The first kappa shape index (κ1) is 16.0. The Balaban J connectivity index is 1.76. The van der Waals surface area contributed by atoms with E-state index in [1.807, 2.05) is 43.3 Å². The van der Waals surface area contributed by atoms with E-state index in [1.54, 1.807) is 0 Å². The Morgan fingerprint density at radius 1 is 0.875 bits per heavy atom. The molecule has 0 radical (unpaired) electrons. The maximum Gasteiger partial charge on any atom is 0.230 e. The molecule has 0 saturated heterocycles. The molecule has 0 aliphatic carbocycles. The first-order chi connectivity index (χ1) is 11.6. The Bertz CT molecular complexity index is 811. The van der Waals surface area contributed by atoms with Gasteiger partial charge in [0.1, 0.15) is 6.61 Å². The number of anilines is 2. The van der Waals surface area contributed by atoms with Crippen LogP contribution in [0.4, 0.5) is 11.6 Å². The van der Waals surface area contributed by atoms with Crippen LogP contribution < -0.4 is 10.1 Å². The summed E-state index contributed by atoms with van der Waals surface area (Å²) in [4.78, 5) is 8.90. The van der Waals surface area contributed by atoms with Gasteiger partial charge >= 0.3 is 0 Å². The van der Waals surface area contributed by atoms with Crippen molar-refractivity contribution in [3.8, 4) is 5.88 Å². The van der Waals surface area contributed by atoms with Crippen molar-refractivity contribution in [2.75, 3.05) is 5.32 Å². The first-order valence-electron chi connectivity index (χ1n) is 7.96. The van der Waals surface area contributed by atoms with Gasteiger partial charge in [0.15, 0.2) is 0 Å². The lowest BCUT2D eigenvalue weighted by Crippen LogP contribution is -2.03. The minimum atomic E-state index is 0.486. The molecule has 0 aliphatic heterocycles. The molecule has 24 heavy (non-hydrogen) atoms. The summed E-state index contributed by atoms with van der Waals surface area (Å²) < 4.78 is 5.81. The summed E-state index contributed by atoms with van der Waals surface area (Å²) in [7, 11) is 0. The zero-order valence-corrected chi connectivity index (χ0v) is 14.2. The Morgan fingerprint density at radius 2 is 1.58 bits per heavy atom. The van der Waals surface area contributed by atoms with E-state index in [2.05, 4.69) is 47.3 Å². The van der Waals surface area contributed by atoms with E-state index in [9.17, 15) is 0 Å². The Morgan fingerprint density at radius 3 is 2.29 bits per heavy atom. The second kappa shape index (κ2) is 7.13. The van der Waals surface area contributed by atoms with E-state index in [1.165, 1.54) is 11.1 Å². The molecule has 0 amide bonds. The smallest absolute Gasteiger partial charge is 0.230 e. The highest BCUT2D eigenvalue weighted by atomic mass is 16.5. The summed E-state index contributed by atoms with van der Waals surface area (Å²) in [6.07, 6.45) is 0. The second-order valence-corrected chi connectivity index (χ2v) is 5.95. The maximum absolute atomic E-state index is 5.81. The highest BCUT2D eigenvalue weighted by Gasteiger charge is 2.05. The van der Waals surface area contributed by atoms with Gasteiger partial charge in [-0.1, -0.05) is 36.4 Å². The van der Waals surface area contributed by atoms with Gasteiger partial charge in [0, 0.05) is 17.4 Å². The third-order valence-corrected chi connectivity index (χ3v) is 3.54. The predicted octanol–water partition coefficient (Wildman–Crippen LogP) is 4.72. The first-order valence-corrected chi connectivity index (χ1v) is 7.96. The number of hydrogen-bond donors (Lipinski definition) is 1. The van der Waals surface area contributed by atoms with E-state index < -0.39 is 0 Å². The SMILES string of the molecule is Cc1cc(C)cc(Nc2nc(C)cc(OCc3ccccc3)n2)c1. The standard InChI is InChI=1S/C20H21N3O/c1-14-9-15(2)11-18(10-14)22-20-21-16(3)12-19(23-20)24-13-17-7-5-4-6-8-17/h4-12H,13H2,1-3H3,(H,21,22,23). The van der Waals surface area contributed by atoms with Crippen molar-refractivity contribution in [3.63, 3.8) is 0 Å². The van der Waals surface area contributed by atoms with Crippen LogP contribution in [0, 0.1) is 20.8 Å². The van der Waals surface area contributed by atoms with Gasteiger partial charge in [0.05, 0.1) is 0 Å². The molecule has 0 saturated carbocycles. The van der Waals surface area contributed by atoms with Gasteiger partial charge in [0.25, 0.3) is 0 Å². The predicted molar refractivity (Wildman–Crippen MR) is 96.7 cm³/mol. The van der Waals surface area contributed by atoms with E-state index in [0.717, 1.165) is 16.9 Å². The largest absolute Gasteiger partial charge is 0.473 e. The van der Waals surface area contributed by atoms with E-state index in [-0.39, 0.29) is 0 Å². The van der Waals surface area contributed by atoms with Crippen molar-refractivity contribution in [3.05, 3.63) is 77.0 Å². The van der Waals surface area contributed by atoms with Crippen LogP contribution in [0.25, 0.3) is 0 Å². The van der Waals surface area contributed by atoms with Gasteiger partial charge in [-0.2, -0.15) is 4.98 Å². The summed E-state index contributed by atoms with van der Waals surface area (Å²) in [6, 6.07) is 18.2. The fourth-order valence-corrected chi connectivity index (χ4v) is 2.58. The highest BCUT2D eigenvalue weighted by Crippen LogP contribution is 2.20. The van der Waals surface area contributed by atoms with Crippen molar-refractivity contribution in [2.24, 2.45) is 0 Å². The Kier molecular flexibility index (Phi) is 4.75. The summed E-state index contributed by atoms with van der Waals surface area (Å²) in [5.74, 6) is 1.11. The monoisotopic (exact) mass is 319 g/mol. The molecule has 1 heterocycles. The van der Waals surface area contributed by atoms with Gasteiger partial charge in [0.2, 0.25) is 11.8 Å². The van der Waals surface area contributed by atoms with Crippen LogP contribution in [0.15, 0.2) is 54.6 Å². The lowest BCUT2D eigenvalue weighted by Gasteiger charge is -2.10. The molecule has 1 N–H and O–H groups in total. The number of hydrogen-bond acceptors (Lipinski definition) is 4. The molecule has 0 bridgehead atoms. The number of nitrogens with one attached hydrogen (secondary N) is 1. The second-order valence-electron chi connectivity index (χ2n) is 5.95. The molecule has 1 aromatic heterocycles. The summed E-state index contributed by atoms with van der Waals surface area (Å²) >= 11 is 0. The van der Waals surface area contributed by atoms with Gasteiger partial charge in [-0.05, 0) is 49.6 Å². The van der Waals surface area contributed by atoms with Gasteiger partial charge < -0.3 is 10.1 Å². The van der Waals surface area contributed by atoms with Crippen molar-refractivity contribution in [2.45, 2.75) is 27.4 Å². The van der Waals surface area contributed by atoms with Crippen molar-refractivity contribution < 1.29 is 4.74 Å². The van der Waals surface area contributed by atoms with Crippen molar-refractivity contribution >= 4 is 11.6 Å². The number of benzene rings is 2. The fourth-order valence-electron chi connectivity index (χ4n) is 2.58. The van der Waals surface area contributed by atoms with Crippen LogP contribution >= 0.6 is 0 Å². The van der Waals surface area contributed by atoms with Crippen LogP contribution in [-0.4, -0.2) is 9.97 Å². The van der Waals surface area contributed by atoms with Gasteiger partial charge in [-0.15, -0.1) is 0 Å². The third kappa shape index (κ3) is 4.32. The van der Waals surface area contributed by atoms with Crippen LogP contribution in [0.5, 0.6) is 5.88 Å². The van der Waals surface area contributed by atoms with Crippen molar-refractivity contribution in [1.82, 2.24) is 9.97 Å². The molecule has 122 valence electrons. The molecule has 0 atom stereocenters. The number of nitrogens with zero attached hydrogens (tertiary/aromatic N) is 2. The average Bonchev–Trinajstić information content (AvgIpc) is 2.52. The fraction of sp³-hybridized carbons (Fsp3) is 0.200. The molecular formula is C20H21N3O. The molecule has 3 rings (SSSR count). The van der Waals surface area contributed by atoms with E-state index >= 15 is 0 Å². The molecule has 0 unspecified atom stereocenters. The molecule has 2 aromatic carbocycles. The van der Waals surface area contributed by atoms with E-state index in [4.69, 9.17) is 4.74 Å². The minimum absolute atomic E-state index is 0.486. The van der Waals surface area contributed by atoms with Crippen LogP contribution in [0.2, 0.25) is 0 Å². The Labute approximate surface area is 142 Å². The lowest BCUT2D eigenvalue weighted by molar-refractivity contribution is 0.293. The number of aromatic nitrogens is 2. The minimum Gasteiger partial charge on any atom is -0.473 e. The Hall–Kier alpha value is -2.88. The zero-order valence-electron chi connectivity index (χ0n) is 14.2. The maximum atomic E-state index is 5.81.